The number of nitrogens with one attached hydrogen (secondary N) is 1. The van der Waals surface area contributed by atoms with Gasteiger partial charge in [-0.1, -0.05) is 36.4 Å². The summed E-state index contributed by atoms with van der Waals surface area (Å²) in [6.45, 7) is 0.411. The largest absolute Gasteiger partial charge is 0.494 e. The minimum Gasteiger partial charge on any atom is -0.494 e. The average Bonchev–Trinajstić information content (AvgIpc) is 2.61. The van der Waals surface area contributed by atoms with Gasteiger partial charge in [0, 0.05) is 17.5 Å². The van der Waals surface area contributed by atoms with Crippen LogP contribution in [-0.4, -0.2) is 12.5 Å². The SMILES string of the molecule is O=C(CCCOc1ccc(F)cc1)Nc1cccc2ccccc12. The number of carbonyl (C=O) groups excluding carboxylic acids is 1. The number of amides is 1. The van der Waals surface area contributed by atoms with Crippen LogP contribution in [0.5, 0.6) is 5.75 Å². The molecule has 0 aliphatic carbocycles. The highest BCUT2D eigenvalue weighted by Crippen LogP contribution is 2.23. The maximum absolute atomic E-state index is 12.8. The van der Waals surface area contributed by atoms with Gasteiger partial charge in [-0.25, -0.2) is 4.39 Å². The van der Waals surface area contributed by atoms with Crippen LogP contribution < -0.4 is 10.1 Å². The summed E-state index contributed by atoms with van der Waals surface area (Å²) in [4.78, 5) is 12.1. The van der Waals surface area contributed by atoms with Crippen LogP contribution >= 0.6 is 0 Å². The van der Waals surface area contributed by atoms with E-state index in [4.69, 9.17) is 4.74 Å². The van der Waals surface area contributed by atoms with Crippen LogP contribution in [0.3, 0.4) is 0 Å². The summed E-state index contributed by atoms with van der Waals surface area (Å²) in [6.07, 6.45) is 0.957. The van der Waals surface area contributed by atoms with Crippen LogP contribution in [-0.2, 0) is 4.79 Å². The molecule has 1 amide bonds. The van der Waals surface area contributed by atoms with Crippen molar-refractivity contribution in [3.05, 3.63) is 72.5 Å². The highest BCUT2D eigenvalue weighted by molar-refractivity contribution is 6.02. The molecular formula is C20H18FNO2. The first kappa shape index (κ1) is 16.0. The third-order valence-corrected chi connectivity index (χ3v) is 3.69. The zero-order chi connectivity index (χ0) is 16.8. The number of anilines is 1. The molecule has 0 bridgehead atoms. The van der Waals surface area contributed by atoms with E-state index < -0.39 is 0 Å². The summed E-state index contributed by atoms with van der Waals surface area (Å²) in [7, 11) is 0. The van der Waals surface area contributed by atoms with Crippen molar-refractivity contribution in [2.24, 2.45) is 0 Å². The van der Waals surface area contributed by atoms with E-state index in [1.165, 1.54) is 12.1 Å². The lowest BCUT2D eigenvalue weighted by atomic mass is 10.1. The zero-order valence-electron chi connectivity index (χ0n) is 13.2. The second kappa shape index (κ2) is 7.59. The van der Waals surface area contributed by atoms with Gasteiger partial charge in [-0.2, -0.15) is 0 Å². The number of hydrogen-bond acceptors (Lipinski definition) is 2. The van der Waals surface area contributed by atoms with Crippen LogP contribution in [0.1, 0.15) is 12.8 Å². The molecule has 0 fully saturated rings. The smallest absolute Gasteiger partial charge is 0.224 e. The summed E-state index contributed by atoms with van der Waals surface area (Å²) in [5.41, 5.74) is 0.817. The van der Waals surface area contributed by atoms with Crippen LogP contribution in [0.4, 0.5) is 10.1 Å². The third-order valence-electron chi connectivity index (χ3n) is 3.69. The van der Waals surface area contributed by atoms with Gasteiger partial charge in [-0.3, -0.25) is 4.79 Å². The Morgan fingerprint density at radius 2 is 1.71 bits per heavy atom. The Morgan fingerprint density at radius 1 is 0.958 bits per heavy atom. The van der Waals surface area contributed by atoms with Crippen LogP contribution in [0.15, 0.2) is 66.7 Å². The average molecular weight is 323 g/mol. The van der Waals surface area contributed by atoms with E-state index in [1.807, 2.05) is 42.5 Å². The van der Waals surface area contributed by atoms with Crippen LogP contribution in [0.25, 0.3) is 10.8 Å². The first-order chi connectivity index (χ1) is 11.7. The lowest BCUT2D eigenvalue weighted by molar-refractivity contribution is -0.116. The van der Waals surface area contributed by atoms with Gasteiger partial charge in [-0.05, 0) is 42.1 Å². The van der Waals surface area contributed by atoms with E-state index >= 15 is 0 Å². The van der Waals surface area contributed by atoms with Crippen LogP contribution in [0.2, 0.25) is 0 Å². The predicted octanol–water partition coefficient (Wildman–Crippen LogP) is 4.78. The van der Waals surface area contributed by atoms with Crippen molar-refractivity contribution in [2.45, 2.75) is 12.8 Å². The Labute approximate surface area is 140 Å². The molecule has 0 saturated heterocycles. The quantitative estimate of drug-likeness (QED) is 0.663. The summed E-state index contributed by atoms with van der Waals surface area (Å²) >= 11 is 0. The number of ether oxygens (including phenoxy) is 1. The molecule has 0 heterocycles. The van der Waals surface area contributed by atoms with E-state index in [0.29, 0.717) is 25.2 Å². The first-order valence-corrected chi connectivity index (χ1v) is 7.88. The molecule has 0 radical (unpaired) electrons. The number of halogens is 1. The van der Waals surface area contributed by atoms with Crippen molar-refractivity contribution in [1.82, 2.24) is 0 Å². The Bertz CT molecular complexity index is 825. The maximum Gasteiger partial charge on any atom is 0.224 e. The Morgan fingerprint density at radius 3 is 2.54 bits per heavy atom. The molecule has 0 aliphatic rings. The van der Waals surface area contributed by atoms with E-state index in [1.54, 1.807) is 12.1 Å². The molecule has 1 N–H and O–H groups in total. The van der Waals surface area contributed by atoms with Gasteiger partial charge >= 0.3 is 0 Å². The fourth-order valence-corrected chi connectivity index (χ4v) is 2.50. The van der Waals surface area contributed by atoms with Crippen molar-refractivity contribution in [1.29, 1.82) is 0 Å². The number of benzene rings is 3. The van der Waals surface area contributed by atoms with Gasteiger partial charge in [0.1, 0.15) is 11.6 Å². The van der Waals surface area contributed by atoms with Crippen molar-refractivity contribution in [3.8, 4) is 5.75 Å². The molecule has 24 heavy (non-hydrogen) atoms. The molecule has 0 saturated carbocycles. The normalized spacial score (nSPS) is 10.5. The number of fused-ring (bicyclic) bond motifs is 1. The fourth-order valence-electron chi connectivity index (χ4n) is 2.50. The molecule has 0 unspecified atom stereocenters. The molecule has 122 valence electrons. The van der Waals surface area contributed by atoms with Gasteiger partial charge in [0.15, 0.2) is 0 Å². The third kappa shape index (κ3) is 4.10. The lowest BCUT2D eigenvalue weighted by Gasteiger charge is -2.09. The minimum absolute atomic E-state index is 0.0472. The summed E-state index contributed by atoms with van der Waals surface area (Å²) in [5.74, 6) is 0.261. The number of hydrogen-bond donors (Lipinski definition) is 1. The first-order valence-electron chi connectivity index (χ1n) is 7.88. The zero-order valence-corrected chi connectivity index (χ0v) is 13.2. The summed E-state index contributed by atoms with van der Waals surface area (Å²) < 4.78 is 18.3. The maximum atomic E-state index is 12.8. The topological polar surface area (TPSA) is 38.3 Å². The van der Waals surface area contributed by atoms with E-state index in [2.05, 4.69) is 5.32 Å². The summed E-state index contributed by atoms with van der Waals surface area (Å²) in [5, 5.41) is 5.06. The van der Waals surface area contributed by atoms with E-state index in [-0.39, 0.29) is 11.7 Å². The Hall–Kier alpha value is -2.88. The predicted molar refractivity (Wildman–Crippen MR) is 93.7 cm³/mol. The second-order valence-corrected chi connectivity index (χ2v) is 5.48. The van der Waals surface area contributed by atoms with Crippen molar-refractivity contribution >= 4 is 22.4 Å². The van der Waals surface area contributed by atoms with Gasteiger partial charge < -0.3 is 10.1 Å². The van der Waals surface area contributed by atoms with E-state index in [0.717, 1.165) is 16.5 Å². The molecule has 0 atom stereocenters. The molecule has 0 aliphatic heterocycles. The molecule has 0 spiro atoms. The number of carbonyl (C=O) groups is 1. The standard InChI is InChI=1S/C20H18FNO2/c21-16-10-12-17(13-11-16)24-14-4-9-20(23)22-19-8-3-6-15-5-1-2-7-18(15)19/h1-3,5-8,10-13H,4,9,14H2,(H,22,23). The van der Waals surface area contributed by atoms with Crippen molar-refractivity contribution in [2.75, 3.05) is 11.9 Å². The Kier molecular flexibility index (Phi) is 5.06. The van der Waals surface area contributed by atoms with Gasteiger partial charge in [0.2, 0.25) is 5.91 Å². The van der Waals surface area contributed by atoms with E-state index in [9.17, 15) is 9.18 Å². The highest BCUT2D eigenvalue weighted by atomic mass is 19.1. The monoisotopic (exact) mass is 323 g/mol. The van der Waals surface area contributed by atoms with Gasteiger partial charge in [0.25, 0.3) is 0 Å². The molecule has 4 heteroatoms. The molecule has 3 rings (SSSR count). The molecular weight excluding hydrogens is 305 g/mol. The molecule has 3 aromatic carbocycles. The summed E-state index contributed by atoms with van der Waals surface area (Å²) in [6, 6.07) is 19.6. The highest BCUT2D eigenvalue weighted by Gasteiger charge is 2.05. The second-order valence-electron chi connectivity index (χ2n) is 5.48. The van der Waals surface area contributed by atoms with Crippen molar-refractivity contribution < 1.29 is 13.9 Å². The number of rotatable bonds is 6. The Balaban J connectivity index is 1.49. The molecule has 3 nitrogen and oxygen atoms in total. The lowest BCUT2D eigenvalue weighted by Crippen LogP contribution is -2.13. The van der Waals surface area contributed by atoms with Crippen molar-refractivity contribution in [3.63, 3.8) is 0 Å². The van der Waals surface area contributed by atoms with Gasteiger partial charge in [0.05, 0.1) is 6.61 Å². The molecule has 3 aromatic rings. The molecule has 0 aromatic heterocycles. The fraction of sp³-hybridized carbons (Fsp3) is 0.150. The minimum atomic E-state index is -0.295. The van der Waals surface area contributed by atoms with Crippen LogP contribution in [0, 0.1) is 5.82 Å². The van der Waals surface area contributed by atoms with Gasteiger partial charge in [-0.15, -0.1) is 0 Å².